The smallest absolute Gasteiger partial charge is 0.344 e. The highest BCUT2D eigenvalue weighted by atomic mass is 32.2. The molecule has 9 heteroatoms. The third-order valence-electron chi connectivity index (χ3n) is 6.30. The fraction of sp³-hybridized carbons (Fsp3) is 0.192. The summed E-state index contributed by atoms with van der Waals surface area (Å²) in [6.45, 7) is -0.499. The highest BCUT2D eigenvalue weighted by molar-refractivity contribution is 8.02. The molecule has 0 unspecified atom stereocenters. The fourth-order valence-electron chi connectivity index (χ4n) is 4.72. The number of furan rings is 1. The molecule has 1 N–H and O–H groups in total. The van der Waals surface area contributed by atoms with E-state index in [0.717, 1.165) is 21.3 Å². The molecular formula is C26H20N2O6S. The number of fused-ring (bicyclic) bond motifs is 6. The molecule has 2 amide bonds. The van der Waals surface area contributed by atoms with E-state index in [9.17, 15) is 14.4 Å². The van der Waals surface area contributed by atoms with Gasteiger partial charge in [-0.15, -0.1) is 0 Å². The molecule has 0 radical (unpaired) electrons. The lowest BCUT2D eigenvalue weighted by molar-refractivity contribution is -0.149. The third-order valence-corrected chi connectivity index (χ3v) is 7.76. The molecule has 3 heterocycles. The molecule has 4 aromatic rings. The van der Waals surface area contributed by atoms with E-state index in [4.69, 9.17) is 13.9 Å². The number of methoxy groups -OCH3 is 1. The largest absolute Gasteiger partial charge is 0.495 e. The van der Waals surface area contributed by atoms with Crippen LogP contribution in [0.3, 0.4) is 0 Å². The minimum atomic E-state index is -1.17. The molecule has 176 valence electrons. The molecular weight excluding hydrogens is 468 g/mol. The first-order chi connectivity index (χ1) is 17.0. The Bertz CT molecular complexity index is 1530. The molecule has 3 aromatic carbocycles. The van der Waals surface area contributed by atoms with Crippen LogP contribution in [0, 0.1) is 0 Å². The van der Waals surface area contributed by atoms with Gasteiger partial charge in [0.05, 0.1) is 18.5 Å². The Balaban J connectivity index is 1.20. The van der Waals surface area contributed by atoms with Gasteiger partial charge in [-0.05, 0) is 24.3 Å². The highest BCUT2D eigenvalue weighted by Gasteiger charge is 2.58. The second-order valence-electron chi connectivity index (χ2n) is 8.35. The first-order valence-electron chi connectivity index (χ1n) is 11.1. The van der Waals surface area contributed by atoms with Gasteiger partial charge in [-0.3, -0.25) is 14.5 Å². The number of nitrogens with zero attached hydrogens (tertiary/aromatic N) is 1. The molecule has 6 rings (SSSR count). The van der Waals surface area contributed by atoms with E-state index in [1.54, 1.807) is 12.1 Å². The zero-order valence-corrected chi connectivity index (χ0v) is 19.5. The van der Waals surface area contributed by atoms with Crippen molar-refractivity contribution < 1.29 is 28.3 Å². The Hall–Kier alpha value is -3.98. The van der Waals surface area contributed by atoms with Crippen LogP contribution in [0.2, 0.25) is 0 Å². The van der Waals surface area contributed by atoms with Gasteiger partial charge < -0.3 is 19.2 Å². The van der Waals surface area contributed by atoms with E-state index in [2.05, 4.69) is 5.32 Å². The van der Waals surface area contributed by atoms with Crippen LogP contribution in [-0.2, 0) is 19.1 Å². The minimum absolute atomic E-state index is 0.132. The van der Waals surface area contributed by atoms with E-state index in [1.807, 2.05) is 48.5 Å². The number of benzene rings is 3. The van der Waals surface area contributed by atoms with Crippen molar-refractivity contribution in [1.29, 1.82) is 0 Å². The molecule has 0 spiro atoms. The van der Waals surface area contributed by atoms with E-state index >= 15 is 0 Å². The van der Waals surface area contributed by atoms with E-state index in [1.165, 1.54) is 23.8 Å². The molecule has 1 fully saturated rings. The first kappa shape index (κ1) is 21.5. The van der Waals surface area contributed by atoms with Crippen LogP contribution in [0.15, 0.2) is 70.0 Å². The van der Waals surface area contributed by atoms with Gasteiger partial charge in [0.2, 0.25) is 5.91 Å². The third kappa shape index (κ3) is 3.34. The zero-order chi connectivity index (χ0) is 24.2. The SMILES string of the molecule is COc1cc2c(cc1NC(=O)COC(=O)[C@]13CCC(=O)N1c1ccccc1S3)oc1ccccc12. The second-order valence-corrected chi connectivity index (χ2v) is 9.67. The van der Waals surface area contributed by atoms with Crippen molar-refractivity contribution in [2.45, 2.75) is 22.6 Å². The van der Waals surface area contributed by atoms with Gasteiger partial charge >= 0.3 is 5.97 Å². The summed E-state index contributed by atoms with van der Waals surface area (Å²) in [6, 6.07) is 18.5. The predicted molar refractivity (Wildman–Crippen MR) is 132 cm³/mol. The van der Waals surface area contributed by atoms with E-state index < -0.39 is 23.4 Å². The van der Waals surface area contributed by atoms with Gasteiger partial charge in [0.15, 0.2) is 11.5 Å². The van der Waals surface area contributed by atoms with Crippen LogP contribution in [-0.4, -0.2) is 36.4 Å². The van der Waals surface area contributed by atoms with Crippen molar-refractivity contribution in [3.05, 3.63) is 60.7 Å². The number of carbonyl (C=O) groups excluding carboxylic acids is 3. The number of hydrogen-bond acceptors (Lipinski definition) is 7. The summed E-state index contributed by atoms with van der Waals surface area (Å²) in [5.41, 5.74) is 2.43. The Morgan fingerprint density at radius 1 is 1.09 bits per heavy atom. The Labute approximate surface area is 204 Å². The number of nitrogens with one attached hydrogen (secondary N) is 1. The monoisotopic (exact) mass is 488 g/mol. The van der Waals surface area contributed by atoms with Crippen molar-refractivity contribution in [2.75, 3.05) is 23.9 Å². The second kappa shape index (κ2) is 8.06. The summed E-state index contributed by atoms with van der Waals surface area (Å²) < 4.78 is 16.8. The van der Waals surface area contributed by atoms with Crippen molar-refractivity contribution in [2.24, 2.45) is 0 Å². The average Bonchev–Trinajstić information content (AvgIpc) is 3.51. The van der Waals surface area contributed by atoms with Crippen LogP contribution in [0.5, 0.6) is 5.75 Å². The van der Waals surface area contributed by atoms with Crippen molar-refractivity contribution >= 4 is 62.9 Å². The topological polar surface area (TPSA) is 98.1 Å². The average molecular weight is 489 g/mol. The maximum absolute atomic E-state index is 13.2. The lowest BCUT2D eigenvalue weighted by Crippen LogP contribution is -2.48. The number of esters is 1. The first-order valence-corrected chi connectivity index (χ1v) is 11.9. The Kier molecular flexibility index (Phi) is 4.96. The summed E-state index contributed by atoms with van der Waals surface area (Å²) >= 11 is 1.30. The minimum Gasteiger partial charge on any atom is -0.495 e. The van der Waals surface area contributed by atoms with Gasteiger partial charge in [-0.1, -0.05) is 42.1 Å². The maximum Gasteiger partial charge on any atom is 0.344 e. The molecule has 35 heavy (non-hydrogen) atoms. The van der Waals surface area contributed by atoms with Crippen molar-refractivity contribution in [1.82, 2.24) is 0 Å². The van der Waals surface area contributed by atoms with Gasteiger partial charge in [0, 0.05) is 34.6 Å². The summed E-state index contributed by atoms with van der Waals surface area (Å²) in [5.74, 6) is -0.816. The lowest BCUT2D eigenvalue weighted by atomic mass is 10.1. The quantitative estimate of drug-likeness (QED) is 0.407. The normalized spacial score (nSPS) is 18.5. The number of para-hydroxylation sites is 2. The highest BCUT2D eigenvalue weighted by Crippen LogP contribution is 2.56. The zero-order valence-electron chi connectivity index (χ0n) is 18.7. The van der Waals surface area contributed by atoms with Gasteiger partial charge in [0.1, 0.15) is 16.9 Å². The molecule has 0 saturated carbocycles. The number of ether oxygens (including phenoxy) is 2. The molecule has 8 nitrogen and oxygen atoms in total. The molecule has 2 aliphatic rings. The Morgan fingerprint density at radius 3 is 2.74 bits per heavy atom. The molecule has 1 saturated heterocycles. The molecule has 2 aliphatic heterocycles. The molecule has 0 bridgehead atoms. The maximum atomic E-state index is 13.2. The van der Waals surface area contributed by atoms with E-state index in [0.29, 0.717) is 29.1 Å². The predicted octanol–water partition coefficient (Wildman–Crippen LogP) is 4.71. The van der Waals surface area contributed by atoms with Gasteiger partial charge in [-0.2, -0.15) is 0 Å². The van der Waals surface area contributed by atoms with Crippen LogP contribution in [0.25, 0.3) is 21.9 Å². The number of hydrogen-bond donors (Lipinski definition) is 1. The van der Waals surface area contributed by atoms with Crippen molar-refractivity contribution in [3.8, 4) is 5.75 Å². The number of amides is 2. The summed E-state index contributed by atoms with van der Waals surface area (Å²) in [5, 5.41) is 4.55. The summed E-state index contributed by atoms with van der Waals surface area (Å²) in [6.07, 6.45) is 0.569. The van der Waals surface area contributed by atoms with Crippen LogP contribution >= 0.6 is 11.8 Å². The summed E-state index contributed by atoms with van der Waals surface area (Å²) in [7, 11) is 1.51. The molecule has 1 aromatic heterocycles. The number of rotatable bonds is 5. The Morgan fingerprint density at radius 2 is 1.89 bits per heavy atom. The van der Waals surface area contributed by atoms with E-state index in [-0.39, 0.29) is 12.3 Å². The van der Waals surface area contributed by atoms with Crippen LogP contribution in [0.1, 0.15) is 12.8 Å². The van der Waals surface area contributed by atoms with Crippen molar-refractivity contribution in [3.63, 3.8) is 0 Å². The van der Waals surface area contributed by atoms with Gasteiger partial charge in [-0.25, -0.2) is 4.79 Å². The standard InChI is InChI=1S/C26H20N2O6S/c1-32-21-12-16-15-6-2-4-8-19(15)34-20(16)13-17(21)27-23(29)14-33-25(31)26-11-10-24(30)28(26)18-7-3-5-9-22(18)35-26/h2-9,12-13H,10-11,14H2,1H3,(H,27,29)/t26-/m1/s1. The lowest BCUT2D eigenvalue weighted by Gasteiger charge is -2.28. The number of carbonyl (C=O) groups is 3. The van der Waals surface area contributed by atoms with Crippen LogP contribution in [0.4, 0.5) is 11.4 Å². The fourth-order valence-corrected chi connectivity index (χ4v) is 6.13. The summed E-state index contributed by atoms with van der Waals surface area (Å²) in [4.78, 5) is 39.6. The van der Waals surface area contributed by atoms with Gasteiger partial charge in [0.25, 0.3) is 5.91 Å². The molecule has 1 atom stereocenters. The number of thioether (sulfide) groups is 1. The van der Waals surface area contributed by atoms with Crippen LogP contribution < -0.4 is 15.0 Å². The molecule has 0 aliphatic carbocycles. The number of anilines is 2.